The molecule has 1 amide bonds. The number of nitrogens with two attached hydrogens (primary N) is 1. The zero-order chi connectivity index (χ0) is 10.1. The molecule has 0 radical (unpaired) electrons. The first-order chi connectivity index (χ1) is 6.70. The highest BCUT2D eigenvalue weighted by molar-refractivity contribution is 6.04. The summed E-state index contributed by atoms with van der Waals surface area (Å²) in [6, 6.07) is 6.18. The van der Waals surface area contributed by atoms with E-state index >= 15 is 0 Å². The largest absolute Gasteiger partial charge is 0.364 e. The molecule has 3 nitrogen and oxygen atoms in total. The van der Waals surface area contributed by atoms with Crippen molar-refractivity contribution in [1.29, 1.82) is 0 Å². The highest BCUT2D eigenvalue weighted by Crippen LogP contribution is 2.19. The Morgan fingerprint density at radius 3 is 2.86 bits per heavy atom. The van der Waals surface area contributed by atoms with E-state index in [-0.39, 0.29) is 11.1 Å². The summed E-state index contributed by atoms with van der Waals surface area (Å²) in [6.07, 6.45) is 1.43. The molecule has 2 rings (SSSR count). The first-order valence-electron chi connectivity index (χ1n) is 4.03. The lowest BCUT2D eigenvalue weighted by Gasteiger charge is -2.02. The average Bonchev–Trinajstić information content (AvgIpc) is 2.17. The van der Waals surface area contributed by atoms with E-state index in [1.54, 1.807) is 18.2 Å². The molecule has 0 fully saturated rings. The third-order valence-electron chi connectivity index (χ3n) is 1.97. The number of pyridine rings is 1. The molecule has 0 spiro atoms. The first-order valence-corrected chi connectivity index (χ1v) is 4.03. The maximum absolute atomic E-state index is 13.4. The lowest BCUT2D eigenvalue weighted by atomic mass is 10.1. The van der Waals surface area contributed by atoms with E-state index < -0.39 is 11.7 Å². The van der Waals surface area contributed by atoms with Gasteiger partial charge in [-0.15, -0.1) is 0 Å². The SMILES string of the molecule is NC(=O)c1nccc2cccc(F)c12. The van der Waals surface area contributed by atoms with Crippen LogP contribution < -0.4 is 5.73 Å². The number of hydrogen-bond acceptors (Lipinski definition) is 2. The van der Waals surface area contributed by atoms with E-state index in [1.165, 1.54) is 12.3 Å². The van der Waals surface area contributed by atoms with E-state index in [2.05, 4.69) is 4.98 Å². The fourth-order valence-electron chi connectivity index (χ4n) is 1.37. The van der Waals surface area contributed by atoms with Gasteiger partial charge in [-0.05, 0) is 17.5 Å². The van der Waals surface area contributed by atoms with Crippen LogP contribution in [-0.2, 0) is 0 Å². The number of halogens is 1. The molecule has 1 aromatic heterocycles. The zero-order valence-electron chi connectivity index (χ0n) is 7.20. The molecule has 0 aliphatic carbocycles. The number of hydrogen-bond donors (Lipinski definition) is 1. The molecule has 1 heterocycles. The predicted molar refractivity (Wildman–Crippen MR) is 50.2 cm³/mol. The van der Waals surface area contributed by atoms with E-state index in [0.717, 1.165) is 0 Å². The molecule has 2 N–H and O–H groups in total. The lowest BCUT2D eigenvalue weighted by molar-refractivity contribution is 0.0997. The van der Waals surface area contributed by atoms with Crippen LogP contribution in [0.1, 0.15) is 10.5 Å². The molecule has 0 aliphatic rings. The molecular formula is C10H7FN2O. The van der Waals surface area contributed by atoms with Crippen LogP contribution in [0.2, 0.25) is 0 Å². The van der Waals surface area contributed by atoms with Crippen molar-refractivity contribution in [2.75, 3.05) is 0 Å². The molecular weight excluding hydrogens is 183 g/mol. The summed E-state index contributed by atoms with van der Waals surface area (Å²) in [5, 5.41) is 0.802. The topological polar surface area (TPSA) is 56.0 Å². The van der Waals surface area contributed by atoms with Gasteiger partial charge in [-0.3, -0.25) is 9.78 Å². The third-order valence-corrected chi connectivity index (χ3v) is 1.97. The van der Waals surface area contributed by atoms with Crippen molar-refractivity contribution < 1.29 is 9.18 Å². The minimum absolute atomic E-state index is 0.0272. The maximum atomic E-state index is 13.4. The summed E-state index contributed by atoms with van der Waals surface area (Å²) in [4.78, 5) is 14.7. The second-order valence-corrected chi connectivity index (χ2v) is 2.86. The Bertz CT molecular complexity index is 505. The number of rotatable bonds is 1. The van der Waals surface area contributed by atoms with Gasteiger partial charge in [0.05, 0.1) is 0 Å². The molecule has 1 aromatic carbocycles. The van der Waals surface area contributed by atoms with Crippen molar-refractivity contribution in [2.24, 2.45) is 5.73 Å². The third kappa shape index (κ3) is 1.21. The van der Waals surface area contributed by atoms with Crippen LogP contribution in [0, 0.1) is 5.82 Å². The first kappa shape index (κ1) is 8.62. The van der Waals surface area contributed by atoms with Crippen LogP contribution in [0.5, 0.6) is 0 Å². The van der Waals surface area contributed by atoms with Gasteiger partial charge in [0.15, 0.2) is 0 Å². The number of amides is 1. The lowest BCUT2D eigenvalue weighted by Crippen LogP contribution is -2.13. The van der Waals surface area contributed by atoms with Gasteiger partial charge in [0.25, 0.3) is 5.91 Å². The van der Waals surface area contributed by atoms with Crippen molar-refractivity contribution in [3.05, 3.63) is 42.0 Å². The van der Waals surface area contributed by atoms with Gasteiger partial charge < -0.3 is 5.73 Å². The Labute approximate surface area is 79.4 Å². The van der Waals surface area contributed by atoms with Crippen molar-refractivity contribution >= 4 is 16.7 Å². The Morgan fingerprint density at radius 2 is 2.14 bits per heavy atom. The second kappa shape index (κ2) is 3.06. The van der Waals surface area contributed by atoms with E-state index in [4.69, 9.17) is 5.73 Å². The van der Waals surface area contributed by atoms with Crippen LogP contribution in [0.15, 0.2) is 30.5 Å². The summed E-state index contributed by atoms with van der Waals surface area (Å²) in [5.74, 6) is -1.20. The van der Waals surface area contributed by atoms with E-state index in [1.807, 2.05) is 0 Å². The highest BCUT2D eigenvalue weighted by Gasteiger charge is 2.11. The zero-order valence-corrected chi connectivity index (χ0v) is 7.20. The summed E-state index contributed by atoms with van der Waals surface area (Å²) >= 11 is 0. The number of fused-ring (bicyclic) bond motifs is 1. The van der Waals surface area contributed by atoms with Gasteiger partial charge in [0.1, 0.15) is 11.5 Å². The minimum Gasteiger partial charge on any atom is -0.364 e. The minimum atomic E-state index is -0.722. The monoisotopic (exact) mass is 190 g/mol. The average molecular weight is 190 g/mol. The van der Waals surface area contributed by atoms with Crippen LogP contribution in [0.25, 0.3) is 10.8 Å². The van der Waals surface area contributed by atoms with Crippen molar-refractivity contribution in [1.82, 2.24) is 4.98 Å². The summed E-state index contributed by atoms with van der Waals surface area (Å²) in [6.45, 7) is 0. The number of carbonyl (C=O) groups excluding carboxylic acids is 1. The van der Waals surface area contributed by atoms with Crippen LogP contribution in [-0.4, -0.2) is 10.9 Å². The Morgan fingerprint density at radius 1 is 1.36 bits per heavy atom. The van der Waals surface area contributed by atoms with Crippen molar-refractivity contribution in [2.45, 2.75) is 0 Å². The molecule has 2 aromatic rings. The van der Waals surface area contributed by atoms with E-state index in [9.17, 15) is 9.18 Å². The number of benzene rings is 1. The van der Waals surface area contributed by atoms with Gasteiger partial charge in [-0.2, -0.15) is 0 Å². The molecule has 14 heavy (non-hydrogen) atoms. The van der Waals surface area contributed by atoms with Gasteiger partial charge in [0, 0.05) is 11.6 Å². The Kier molecular flexibility index (Phi) is 1.89. The highest BCUT2D eigenvalue weighted by atomic mass is 19.1. The summed E-state index contributed by atoms with van der Waals surface area (Å²) in [7, 11) is 0. The fraction of sp³-hybridized carbons (Fsp3) is 0. The standard InChI is InChI=1S/C10H7FN2O/c11-7-3-1-2-6-4-5-13-9(8(6)7)10(12)14/h1-5H,(H2,12,14). The number of nitrogens with zero attached hydrogens (tertiary/aromatic N) is 1. The Hall–Kier alpha value is -1.97. The maximum Gasteiger partial charge on any atom is 0.268 e. The number of primary amides is 1. The molecule has 0 atom stereocenters. The molecule has 0 bridgehead atoms. The predicted octanol–water partition coefficient (Wildman–Crippen LogP) is 1.47. The molecule has 0 unspecified atom stereocenters. The fourth-order valence-corrected chi connectivity index (χ4v) is 1.37. The Balaban J connectivity index is 2.91. The van der Waals surface area contributed by atoms with Gasteiger partial charge in [-0.25, -0.2) is 4.39 Å². The molecule has 0 saturated heterocycles. The normalized spacial score (nSPS) is 10.4. The molecule has 0 saturated carbocycles. The molecule has 0 aliphatic heterocycles. The van der Waals surface area contributed by atoms with Gasteiger partial charge >= 0.3 is 0 Å². The molecule has 4 heteroatoms. The number of aromatic nitrogens is 1. The smallest absolute Gasteiger partial charge is 0.268 e. The second-order valence-electron chi connectivity index (χ2n) is 2.86. The summed E-state index contributed by atoms with van der Waals surface area (Å²) < 4.78 is 13.4. The van der Waals surface area contributed by atoms with Crippen LogP contribution in [0.3, 0.4) is 0 Å². The van der Waals surface area contributed by atoms with E-state index in [0.29, 0.717) is 5.39 Å². The van der Waals surface area contributed by atoms with Crippen LogP contribution in [0.4, 0.5) is 4.39 Å². The number of carbonyl (C=O) groups is 1. The van der Waals surface area contributed by atoms with Crippen LogP contribution >= 0.6 is 0 Å². The van der Waals surface area contributed by atoms with Crippen molar-refractivity contribution in [3.63, 3.8) is 0 Å². The summed E-state index contributed by atoms with van der Waals surface area (Å²) in [5.41, 5.74) is 5.05. The van der Waals surface area contributed by atoms with Crippen molar-refractivity contribution in [3.8, 4) is 0 Å². The van der Waals surface area contributed by atoms with Gasteiger partial charge in [0.2, 0.25) is 0 Å². The quantitative estimate of drug-likeness (QED) is 0.740. The molecule has 70 valence electrons. The van der Waals surface area contributed by atoms with Gasteiger partial charge in [-0.1, -0.05) is 12.1 Å².